The molecule has 0 atom stereocenters. The van der Waals surface area contributed by atoms with E-state index < -0.39 is 0 Å². The molecule has 2 N–H and O–H groups in total. The number of fused-ring (bicyclic) bond motifs is 2. The van der Waals surface area contributed by atoms with E-state index in [1.165, 1.54) is 92.1 Å². The van der Waals surface area contributed by atoms with Crippen molar-refractivity contribution in [2.24, 2.45) is 23.7 Å². The number of pyridine rings is 2. The van der Waals surface area contributed by atoms with Crippen molar-refractivity contribution in [3.8, 4) is 43.4 Å². The Balaban J connectivity index is 0.000000298. The predicted molar refractivity (Wildman–Crippen MR) is 349 cm³/mol. The zero-order valence-corrected chi connectivity index (χ0v) is 58.8. The zero-order valence-electron chi connectivity index (χ0n) is 52.4. The molecule has 0 saturated carbocycles. The van der Waals surface area contributed by atoms with Gasteiger partial charge in [-0.05, 0) is 132 Å². The number of hydrogen-bond acceptors (Lipinski definition) is 8. The number of rotatable bonds is 18. The Hall–Kier alpha value is -5.18. The van der Waals surface area contributed by atoms with E-state index in [4.69, 9.17) is 4.98 Å². The van der Waals surface area contributed by atoms with E-state index in [2.05, 4.69) is 158 Å². The summed E-state index contributed by atoms with van der Waals surface area (Å²) in [6, 6.07) is 35.6. The van der Waals surface area contributed by atoms with Crippen molar-refractivity contribution in [3.63, 3.8) is 0 Å². The average Bonchev–Trinajstić information content (AvgIpc) is 4.25. The summed E-state index contributed by atoms with van der Waals surface area (Å²) in [4.78, 5) is 35.4. The summed E-state index contributed by atoms with van der Waals surface area (Å²) in [6.45, 7) is 35.4. The molecule has 4 heterocycles. The molecule has 4 aromatic carbocycles. The largest absolute Gasteiger partial charge is 0.512 e. The molecular formula is C73H90Ir2N2O4S2-2. The normalized spacial score (nSPS) is 11.4. The molecule has 0 spiro atoms. The third-order valence-corrected chi connectivity index (χ3v) is 17.5. The number of aryl methyl sites for hydroxylation is 9. The molecule has 2 radical (unpaired) electrons. The van der Waals surface area contributed by atoms with Crippen LogP contribution in [0.15, 0.2) is 115 Å². The van der Waals surface area contributed by atoms with E-state index in [0.29, 0.717) is 0 Å². The number of aliphatic hydroxyl groups is 2. The number of nitrogens with zero attached hydrogens (tertiary/aromatic N) is 2. The van der Waals surface area contributed by atoms with Crippen LogP contribution in [0.3, 0.4) is 0 Å². The number of ketones is 2. The van der Waals surface area contributed by atoms with E-state index in [9.17, 15) is 19.8 Å². The zero-order chi connectivity index (χ0) is 59.7. The van der Waals surface area contributed by atoms with E-state index in [1.54, 1.807) is 0 Å². The molecule has 83 heavy (non-hydrogen) atoms. The molecule has 448 valence electrons. The molecule has 0 unspecified atom stereocenters. The molecule has 10 heteroatoms. The van der Waals surface area contributed by atoms with Gasteiger partial charge in [0, 0.05) is 118 Å². The van der Waals surface area contributed by atoms with Gasteiger partial charge in [-0.3, -0.25) is 9.59 Å². The Labute approximate surface area is 533 Å². The van der Waals surface area contributed by atoms with Gasteiger partial charge in [-0.25, -0.2) is 0 Å². The molecule has 0 aliphatic rings. The van der Waals surface area contributed by atoms with E-state index >= 15 is 0 Å². The van der Waals surface area contributed by atoms with Crippen molar-refractivity contribution in [1.82, 2.24) is 9.97 Å². The van der Waals surface area contributed by atoms with Gasteiger partial charge in [0.2, 0.25) is 0 Å². The van der Waals surface area contributed by atoms with Crippen molar-refractivity contribution in [3.05, 3.63) is 177 Å². The first-order valence-corrected chi connectivity index (χ1v) is 31.1. The summed E-state index contributed by atoms with van der Waals surface area (Å²) in [7, 11) is 0. The van der Waals surface area contributed by atoms with Gasteiger partial charge >= 0.3 is 0 Å². The van der Waals surface area contributed by atoms with Gasteiger partial charge < -0.3 is 20.2 Å². The number of carbonyl (C=O) groups is 2. The number of carbonyl (C=O) groups excluding carboxylic acids is 2. The van der Waals surface area contributed by atoms with Crippen molar-refractivity contribution in [2.45, 2.75) is 169 Å². The van der Waals surface area contributed by atoms with Gasteiger partial charge in [0.1, 0.15) is 0 Å². The fraction of sp³-hybridized carbons (Fsp3) is 0.397. The van der Waals surface area contributed by atoms with Gasteiger partial charge in [0.15, 0.2) is 11.6 Å². The number of aliphatic hydroxyl groups excluding tert-OH is 2. The Morgan fingerprint density at radius 2 is 0.783 bits per heavy atom. The smallest absolute Gasteiger partial charge is 0.162 e. The van der Waals surface area contributed by atoms with E-state index in [-0.39, 0.29) is 87.0 Å². The minimum atomic E-state index is 0. The van der Waals surface area contributed by atoms with Crippen LogP contribution in [0.1, 0.15) is 157 Å². The van der Waals surface area contributed by atoms with Crippen molar-refractivity contribution in [1.29, 1.82) is 0 Å². The SMILES string of the molecule is CCC(CC)C(=O)C=C(O)C(CC)CC.CCC(CC)C(=O)C=C(O)C(CC)CC.Cc1[c-]c(-c2cc3sc(-c4c(C)cc(C)cc4C)cc3cn2)cc(C)c1.Cc1[c-]c(-c2cc3sc(-c4cc(C)cc(C)c4)cc3cn2)cc(C)c1.[Ir].[Ir]. The maximum Gasteiger partial charge on any atom is 0.162 e. The van der Waals surface area contributed by atoms with Crippen molar-refractivity contribution < 1.29 is 60.0 Å². The summed E-state index contributed by atoms with van der Waals surface area (Å²) in [5.74, 6) is 1.09. The van der Waals surface area contributed by atoms with Crippen LogP contribution in [0.25, 0.3) is 63.6 Å². The fourth-order valence-electron chi connectivity index (χ4n) is 10.7. The minimum Gasteiger partial charge on any atom is -0.512 e. The third-order valence-electron chi connectivity index (χ3n) is 15.2. The number of benzene rings is 4. The molecule has 0 aliphatic carbocycles. The van der Waals surface area contributed by atoms with Crippen LogP contribution in [0.2, 0.25) is 0 Å². The van der Waals surface area contributed by atoms with Crippen LogP contribution in [0.4, 0.5) is 0 Å². The summed E-state index contributed by atoms with van der Waals surface area (Å²) in [6.07, 6.45) is 13.8. The van der Waals surface area contributed by atoms with Crippen LogP contribution < -0.4 is 0 Å². The number of allylic oxidation sites excluding steroid dienone is 4. The molecule has 4 aromatic heterocycles. The van der Waals surface area contributed by atoms with Gasteiger partial charge in [0.05, 0.1) is 11.5 Å². The second-order valence-electron chi connectivity index (χ2n) is 22.1. The van der Waals surface area contributed by atoms with Gasteiger partial charge in [-0.1, -0.05) is 142 Å². The minimum absolute atomic E-state index is 0. The van der Waals surface area contributed by atoms with Crippen molar-refractivity contribution >= 4 is 54.4 Å². The molecule has 0 fully saturated rings. The number of thiophene rings is 2. The summed E-state index contributed by atoms with van der Waals surface area (Å²) in [5.41, 5.74) is 18.2. The van der Waals surface area contributed by atoms with Crippen LogP contribution in [-0.2, 0) is 49.8 Å². The molecule has 0 amide bonds. The Morgan fingerprint density at radius 3 is 1.14 bits per heavy atom. The first kappa shape index (κ1) is 72.1. The van der Waals surface area contributed by atoms with Crippen LogP contribution in [-0.4, -0.2) is 31.7 Å². The quantitative estimate of drug-likeness (QED) is 0.0504. The van der Waals surface area contributed by atoms with Crippen LogP contribution in [0.5, 0.6) is 0 Å². The fourth-order valence-corrected chi connectivity index (χ4v) is 13.0. The standard InChI is InChI=1S/C24H22NS.C23H20NS.2C13H24O2.2Ir/c1-14-6-15(2)10-19(9-14)21-12-22-20(13-25-21)11-23(26-22)24-17(4)7-16(3)8-18(24)5;1-14-5-15(2)8-18(7-14)21-12-23-20(13-24-21)11-22(25-23)19-9-16(3)6-17(4)10-19;2*1-5-10(6-2)12(14)9-13(15)11(7-3)8-4;;/h6-9,11-13H,1-5H3;5-7,9-13H,1-4H3;2*9-11,14H,5-8H2,1-4H3;;/q2*-1;;;;. The maximum atomic E-state index is 11.7. The topological polar surface area (TPSA) is 100 Å². The second kappa shape index (κ2) is 34.7. The third kappa shape index (κ3) is 20.5. The van der Waals surface area contributed by atoms with Gasteiger partial charge in [-0.2, -0.15) is 0 Å². The Kier molecular flexibility index (Phi) is 30.1. The molecule has 8 rings (SSSR count). The van der Waals surface area contributed by atoms with Gasteiger partial charge in [-0.15, -0.1) is 92.5 Å². The summed E-state index contributed by atoms with van der Waals surface area (Å²) in [5, 5.41) is 21.9. The average molecular weight is 1510 g/mol. The summed E-state index contributed by atoms with van der Waals surface area (Å²) < 4.78 is 2.55. The molecule has 8 aromatic rings. The Morgan fingerprint density at radius 1 is 0.446 bits per heavy atom. The first-order chi connectivity index (χ1) is 38.6. The van der Waals surface area contributed by atoms with Crippen LogP contribution in [0, 0.1) is 98.1 Å². The Bertz CT molecular complexity index is 3280. The predicted octanol–water partition coefficient (Wildman–Crippen LogP) is 21.4. The van der Waals surface area contributed by atoms with E-state index in [0.717, 1.165) is 85.0 Å². The van der Waals surface area contributed by atoms with Crippen LogP contribution >= 0.6 is 22.7 Å². The monoisotopic (exact) mass is 1510 g/mol. The molecule has 6 nitrogen and oxygen atoms in total. The summed E-state index contributed by atoms with van der Waals surface area (Å²) >= 11 is 3.68. The first-order valence-electron chi connectivity index (χ1n) is 29.5. The molecular weight excluding hydrogens is 1420 g/mol. The van der Waals surface area contributed by atoms with E-state index in [1.807, 2.05) is 90.5 Å². The van der Waals surface area contributed by atoms with Gasteiger partial charge in [0.25, 0.3) is 0 Å². The molecule has 0 bridgehead atoms. The molecule has 0 aliphatic heterocycles. The maximum absolute atomic E-state index is 11.7. The van der Waals surface area contributed by atoms with Crippen molar-refractivity contribution in [2.75, 3.05) is 0 Å². The molecule has 0 saturated heterocycles. The number of aromatic nitrogens is 2. The number of hydrogen-bond donors (Lipinski definition) is 2. The second-order valence-corrected chi connectivity index (χ2v) is 24.3.